The van der Waals surface area contributed by atoms with E-state index < -0.39 is 0 Å². The minimum atomic E-state index is -0.352. The number of hydrogen-bond donors (Lipinski definition) is 0. The van der Waals surface area contributed by atoms with E-state index in [4.69, 9.17) is 4.74 Å². The molecule has 0 radical (unpaired) electrons. The van der Waals surface area contributed by atoms with Crippen LogP contribution in [-0.4, -0.2) is 29.0 Å². The van der Waals surface area contributed by atoms with E-state index in [2.05, 4.69) is 10.6 Å². The van der Waals surface area contributed by atoms with Crippen LogP contribution in [0.4, 0.5) is 4.39 Å². The second kappa shape index (κ2) is 7.72. The standard InChI is InChI=1S/C20H25FN2O2/c1-22-12-4-7-17(22)18-8-5-13-23(18)20(24)9-3-6-15-10-11-19(25-2)16(21)14-15/h4,7,10-12,14,18H,3,5-6,8-9,13H2,1-2H3/t18-/m1/s1. The van der Waals surface area contributed by atoms with Crippen molar-refractivity contribution in [3.05, 3.63) is 53.6 Å². The minimum absolute atomic E-state index is 0.186. The quantitative estimate of drug-likeness (QED) is 0.797. The maximum Gasteiger partial charge on any atom is 0.223 e. The predicted octanol–water partition coefficient (Wildman–Crippen LogP) is 3.86. The fourth-order valence-electron chi connectivity index (χ4n) is 3.65. The highest BCUT2D eigenvalue weighted by atomic mass is 19.1. The Labute approximate surface area is 148 Å². The van der Waals surface area contributed by atoms with E-state index in [0.29, 0.717) is 12.8 Å². The molecule has 3 rings (SSSR count). The highest BCUT2D eigenvalue weighted by Gasteiger charge is 2.30. The van der Waals surface area contributed by atoms with Gasteiger partial charge in [-0.2, -0.15) is 0 Å². The van der Waals surface area contributed by atoms with Crippen LogP contribution in [-0.2, 0) is 18.3 Å². The number of likely N-dealkylation sites (tertiary alicyclic amines) is 1. The largest absolute Gasteiger partial charge is 0.494 e. The molecule has 1 aromatic carbocycles. The van der Waals surface area contributed by atoms with Crippen LogP contribution in [0.1, 0.15) is 43.0 Å². The van der Waals surface area contributed by atoms with Crippen LogP contribution in [0.3, 0.4) is 0 Å². The minimum Gasteiger partial charge on any atom is -0.494 e. The lowest BCUT2D eigenvalue weighted by atomic mass is 10.1. The lowest BCUT2D eigenvalue weighted by Crippen LogP contribution is -2.31. The number of rotatable bonds is 6. The molecule has 0 spiro atoms. The fraction of sp³-hybridized carbons (Fsp3) is 0.450. The van der Waals surface area contributed by atoms with Crippen LogP contribution in [0.5, 0.6) is 5.75 Å². The Balaban J connectivity index is 1.55. The monoisotopic (exact) mass is 344 g/mol. The average Bonchev–Trinajstić information content (AvgIpc) is 3.23. The van der Waals surface area contributed by atoms with E-state index in [1.165, 1.54) is 18.9 Å². The molecule has 1 aliphatic rings. The Hall–Kier alpha value is -2.30. The smallest absolute Gasteiger partial charge is 0.223 e. The first-order valence-electron chi connectivity index (χ1n) is 8.83. The number of ether oxygens (including phenoxy) is 1. The third-order valence-electron chi connectivity index (χ3n) is 4.97. The number of carbonyl (C=O) groups is 1. The van der Waals surface area contributed by atoms with E-state index in [0.717, 1.165) is 31.4 Å². The van der Waals surface area contributed by atoms with Crippen LogP contribution in [0.15, 0.2) is 36.5 Å². The molecule has 0 unspecified atom stereocenters. The second-order valence-electron chi connectivity index (χ2n) is 6.61. The topological polar surface area (TPSA) is 34.5 Å². The van der Waals surface area contributed by atoms with Gasteiger partial charge in [-0.05, 0) is 55.5 Å². The van der Waals surface area contributed by atoms with Crippen LogP contribution in [0.2, 0.25) is 0 Å². The number of methoxy groups -OCH3 is 1. The molecule has 2 aromatic rings. The van der Waals surface area contributed by atoms with Crippen molar-refractivity contribution < 1.29 is 13.9 Å². The molecular formula is C20H25FN2O2. The molecule has 25 heavy (non-hydrogen) atoms. The number of carbonyl (C=O) groups excluding carboxylic acids is 1. The van der Waals surface area contributed by atoms with Gasteiger partial charge >= 0.3 is 0 Å². The molecule has 2 heterocycles. The Morgan fingerprint density at radius 2 is 2.20 bits per heavy atom. The van der Waals surface area contributed by atoms with Gasteiger partial charge in [0, 0.05) is 31.9 Å². The summed E-state index contributed by atoms with van der Waals surface area (Å²) >= 11 is 0. The fourth-order valence-corrected chi connectivity index (χ4v) is 3.65. The summed E-state index contributed by atoms with van der Waals surface area (Å²) in [6, 6.07) is 9.29. The molecular weight excluding hydrogens is 319 g/mol. The van der Waals surface area contributed by atoms with Gasteiger partial charge in [-0.15, -0.1) is 0 Å². The first-order chi connectivity index (χ1) is 12.1. The Morgan fingerprint density at radius 3 is 2.88 bits per heavy atom. The van der Waals surface area contributed by atoms with E-state index >= 15 is 0 Å². The van der Waals surface area contributed by atoms with Crippen LogP contribution < -0.4 is 4.74 Å². The van der Waals surface area contributed by atoms with Crippen molar-refractivity contribution in [1.29, 1.82) is 0 Å². The van der Waals surface area contributed by atoms with E-state index in [9.17, 15) is 9.18 Å². The maximum atomic E-state index is 13.7. The molecule has 134 valence electrons. The Kier molecular flexibility index (Phi) is 5.41. The van der Waals surface area contributed by atoms with Crippen molar-refractivity contribution in [2.45, 2.75) is 38.1 Å². The van der Waals surface area contributed by atoms with Gasteiger partial charge in [0.2, 0.25) is 5.91 Å². The molecule has 1 fully saturated rings. The van der Waals surface area contributed by atoms with Crippen LogP contribution >= 0.6 is 0 Å². The molecule has 4 nitrogen and oxygen atoms in total. The Bertz CT molecular complexity index is 741. The SMILES string of the molecule is COc1ccc(CCCC(=O)N2CCC[C@@H]2c2cccn2C)cc1F. The summed E-state index contributed by atoms with van der Waals surface area (Å²) in [6.45, 7) is 0.825. The average molecular weight is 344 g/mol. The lowest BCUT2D eigenvalue weighted by molar-refractivity contribution is -0.132. The number of halogens is 1. The van der Waals surface area contributed by atoms with E-state index in [1.54, 1.807) is 6.07 Å². The van der Waals surface area contributed by atoms with Gasteiger partial charge < -0.3 is 14.2 Å². The molecule has 1 aliphatic heterocycles. The predicted molar refractivity (Wildman–Crippen MR) is 95.0 cm³/mol. The number of aryl methyl sites for hydroxylation is 2. The third-order valence-corrected chi connectivity index (χ3v) is 4.97. The van der Waals surface area contributed by atoms with Crippen molar-refractivity contribution in [2.24, 2.45) is 7.05 Å². The lowest BCUT2D eigenvalue weighted by Gasteiger charge is -2.25. The maximum absolute atomic E-state index is 13.7. The number of hydrogen-bond acceptors (Lipinski definition) is 2. The van der Waals surface area contributed by atoms with Crippen molar-refractivity contribution in [1.82, 2.24) is 9.47 Å². The first-order valence-corrected chi connectivity index (χ1v) is 8.83. The van der Waals surface area contributed by atoms with Crippen molar-refractivity contribution in [3.8, 4) is 5.75 Å². The van der Waals surface area contributed by atoms with Gasteiger partial charge in [0.15, 0.2) is 11.6 Å². The van der Waals surface area contributed by atoms with Crippen LogP contribution in [0.25, 0.3) is 0 Å². The summed E-state index contributed by atoms with van der Waals surface area (Å²) in [5, 5.41) is 0. The zero-order valence-electron chi connectivity index (χ0n) is 14.9. The number of amides is 1. The first kappa shape index (κ1) is 17.5. The zero-order chi connectivity index (χ0) is 17.8. The summed E-state index contributed by atoms with van der Waals surface area (Å²) in [6.07, 6.45) is 6.00. The second-order valence-corrected chi connectivity index (χ2v) is 6.61. The van der Waals surface area contributed by atoms with Gasteiger partial charge in [0.1, 0.15) is 0 Å². The third kappa shape index (κ3) is 3.86. The van der Waals surface area contributed by atoms with Gasteiger partial charge in [0.25, 0.3) is 0 Å². The highest BCUT2D eigenvalue weighted by molar-refractivity contribution is 5.77. The van der Waals surface area contributed by atoms with E-state index in [1.807, 2.05) is 30.3 Å². The number of benzene rings is 1. The molecule has 0 bridgehead atoms. The summed E-state index contributed by atoms with van der Waals surface area (Å²) in [7, 11) is 3.48. The van der Waals surface area contributed by atoms with Gasteiger partial charge in [-0.25, -0.2) is 4.39 Å². The molecule has 1 saturated heterocycles. The molecule has 1 amide bonds. The summed E-state index contributed by atoms with van der Waals surface area (Å²) in [5.41, 5.74) is 2.09. The summed E-state index contributed by atoms with van der Waals surface area (Å²) < 4.78 is 20.7. The van der Waals surface area contributed by atoms with Gasteiger partial charge in [0.05, 0.1) is 13.2 Å². The number of aromatic nitrogens is 1. The highest BCUT2D eigenvalue weighted by Crippen LogP contribution is 2.32. The molecule has 1 atom stereocenters. The molecule has 5 heteroatoms. The molecule has 0 N–H and O–H groups in total. The normalized spacial score (nSPS) is 17.1. The van der Waals surface area contributed by atoms with Crippen molar-refractivity contribution in [2.75, 3.05) is 13.7 Å². The molecule has 0 saturated carbocycles. The van der Waals surface area contributed by atoms with Crippen molar-refractivity contribution in [3.63, 3.8) is 0 Å². The summed E-state index contributed by atoms with van der Waals surface area (Å²) in [5.74, 6) is 0.0922. The Morgan fingerprint density at radius 1 is 1.36 bits per heavy atom. The number of nitrogens with zero attached hydrogens (tertiary/aromatic N) is 2. The molecule has 1 aromatic heterocycles. The van der Waals surface area contributed by atoms with Gasteiger partial charge in [-0.3, -0.25) is 4.79 Å². The zero-order valence-corrected chi connectivity index (χ0v) is 14.9. The van der Waals surface area contributed by atoms with Gasteiger partial charge in [-0.1, -0.05) is 6.07 Å². The van der Waals surface area contributed by atoms with Crippen LogP contribution in [0, 0.1) is 5.82 Å². The molecule has 0 aliphatic carbocycles. The van der Waals surface area contributed by atoms with E-state index in [-0.39, 0.29) is 23.5 Å². The van der Waals surface area contributed by atoms with Crippen molar-refractivity contribution >= 4 is 5.91 Å². The summed E-state index contributed by atoms with van der Waals surface area (Å²) in [4.78, 5) is 14.6.